The van der Waals surface area contributed by atoms with Gasteiger partial charge in [0.25, 0.3) is 0 Å². The van der Waals surface area contributed by atoms with Crippen LogP contribution in [-0.2, 0) is 14.3 Å². The Balaban J connectivity index is 4.29. The van der Waals surface area contributed by atoms with E-state index in [2.05, 4.69) is 13.8 Å². The summed E-state index contributed by atoms with van der Waals surface area (Å²) in [7, 11) is 0. The SMILES string of the molecule is CC(C)CC(OC(=O)C=CC(=O)O)C(C)C. The van der Waals surface area contributed by atoms with E-state index in [-0.39, 0.29) is 12.0 Å². The molecular formula is C12H20O4. The van der Waals surface area contributed by atoms with Gasteiger partial charge in [-0.1, -0.05) is 27.7 Å². The number of esters is 1. The zero-order valence-corrected chi connectivity index (χ0v) is 10.3. The molecule has 1 N–H and O–H groups in total. The minimum Gasteiger partial charge on any atom is -0.478 e. The molecular weight excluding hydrogens is 208 g/mol. The van der Waals surface area contributed by atoms with Gasteiger partial charge in [0, 0.05) is 12.2 Å². The van der Waals surface area contributed by atoms with Crippen molar-refractivity contribution < 1.29 is 19.4 Å². The number of aliphatic carboxylic acids is 1. The largest absolute Gasteiger partial charge is 0.478 e. The predicted octanol–water partition coefficient (Wildman–Crippen LogP) is 2.24. The summed E-state index contributed by atoms with van der Waals surface area (Å²) in [6, 6.07) is 0. The van der Waals surface area contributed by atoms with Crippen LogP contribution in [0.2, 0.25) is 0 Å². The minimum atomic E-state index is -1.15. The first-order chi connectivity index (χ1) is 7.32. The summed E-state index contributed by atoms with van der Waals surface area (Å²) in [5.41, 5.74) is 0. The fourth-order valence-corrected chi connectivity index (χ4v) is 1.25. The minimum absolute atomic E-state index is 0.161. The maximum absolute atomic E-state index is 11.3. The molecule has 1 unspecified atom stereocenters. The quantitative estimate of drug-likeness (QED) is 0.559. The van der Waals surface area contributed by atoms with Gasteiger partial charge in [-0.15, -0.1) is 0 Å². The van der Waals surface area contributed by atoms with Gasteiger partial charge in [-0.3, -0.25) is 0 Å². The van der Waals surface area contributed by atoms with Gasteiger partial charge < -0.3 is 9.84 Å². The zero-order valence-electron chi connectivity index (χ0n) is 10.3. The molecule has 0 aromatic carbocycles. The van der Waals surface area contributed by atoms with E-state index in [0.717, 1.165) is 18.6 Å². The van der Waals surface area contributed by atoms with Crippen molar-refractivity contribution in [1.29, 1.82) is 0 Å². The van der Waals surface area contributed by atoms with Gasteiger partial charge in [0.15, 0.2) is 0 Å². The Morgan fingerprint density at radius 1 is 1.19 bits per heavy atom. The van der Waals surface area contributed by atoms with Crippen LogP contribution in [0.4, 0.5) is 0 Å². The van der Waals surface area contributed by atoms with Gasteiger partial charge in [-0.25, -0.2) is 9.59 Å². The van der Waals surface area contributed by atoms with E-state index in [9.17, 15) is 9.59 Å². The molecule has 0 aliphatic heterocycles. The van der Waals surface area contributed by atoms with Crippen molar-refractivity contribution in [2.75, 3.05) is 0 Å². The lowest BCUT2D eigenvalue weighted by Gasteiger charge is -2.22. The number of carboxylic acid groups (broad SMARTS) is 1. The molecule has 0 saturated carbocycles. The normalized spacial score (nSPS) is 13.4. The number of hydrogen-bond acceptors (Lipinski definition) is 3. The number of carbonyl (C=O) groups excluding carboxylic acids is 1. The smallest absolute Gasteiger partial charge is 0.331 e. The van der Waals surface area contributed by atoms with Crippen LogP contribution in [0.15, 0.2) is 12.2 Å². The monoisotopic (exact) mass is 228 g/mol. The van der Waals surface area contributed by atoms with Crippen LogP contribution in [0.3, 0.4) is 0 Å². The van der Waals surface area contributed by atoms with Crippen molar-refractivity contribution in [3.8, 4) is 0 Å². The molecule has 0 spiro atoms. The first kappa shape index (κ1) is 14.7. The average molecular weight is 228 g/mol. The second kappa shape index (κ2) is 7.04. The topological polar surface area (TPSA) is 63.6 Å². The van der Waals surface area contributed by atoms with Gasteiger partial charge in [0.1, 0.15) is 6.10 Å². The van der Waals surface area contributed by atoms with Crippen LogP contribution < -0.4 is 0 Å². The molecule has 0 bridgehead atoms. The Kier molecular flexibility index (Phi) is 6.46. The highest BCUT2D eigenvalue weighted by atomic mass is 16.5. The Bertz CT molecular complexity index is 266. The lowest BCUT2D eigenvalue weighted by Crippen LogP contribution is -2.24. The molecule has 4 heteroatoms. The van der Waals surface area contributed by atoms with Gasteiger partial charge in [-0.05, 0) is 18.3 Å². The third-order valence-corrected chi connectivity index (χ3v) is 2.08. The van der Waals surface area contributed by atoms with Gasteiger partial charge >= 0.3 is 11.9 Å². The zero-order chi connectivity index (χ0) is 12.7. The van der Waals surface area contributed by atoms with E-state index < -0.39 is 11.9 Å². The molecule has 0 aliphatic carbocycles. The Morgan fingerprint density at radius 2 is 1.75 bits per heavy atom. The molecule has 0 rings (SSSR count). The molecule has 0 fully saturated rings. The lowest BCUT2D eigenvalue weighted by molar-refractivity contribution is -0.146. The Hall–Kier alpha value is -1.32. The first-order valence-corrected chi connectivity index (χ1v) is 5.44. The second-order valence-electron chi connectivity index (χ2n) is 4.52. The number of hydrogen-bond donors (Lipinski definition) is 1. The van der Waals surface area contributed by atoms with Crippen LogP contribution in [0.1, 0.15) is 34.1 Å². The molecule has 0 aliphatic rings. The predicted molar refractivity (Wildman–Crippen MR) is 60.9 cm³/mol. The summed E-state index contributed by atoms with van der Waals surface area (Å²) in [5, 5.41) is 8.36. The maximum Gasteiger partial charge on any atom is 0.331 e. The molecule has 0 aromatic heterocycles. The van der Waals surface area contributed by atoms with E-state index in [0.29, 0.717) is 5.92 Å². The highest BCUT2D eigenvalue weighted by Crippen LogP contribution is 2.16. The molecule has 0 aromatic rings. The van der Waals surface area contributed by atoms with Crippen LogP contribution in [0.5, 0.6) is 0 Å². The number of rotatable bonds is 6. The highest BCUT2D eigenvalue weighted by Gasteiger charge is 2.18. The van der Waals surface area contributed by atoms with E-state index in [4.69, 9.17) is 9.84 Å². The molecule has 0 amide bonds. The van der Waals surface area contributed by atoms with Crippen molar-refractivity contribution in [3.05, 3.63) is 12.2 Å². The van der Waals surface area contributed by atoms with Gasteiger partial charge in [0.2, 0.25) is 0 Å². The van der Waals surface area contributed by atoms with E-state index in [1.165, 1.54) is 0 Å². The molecule has 0 saturated heterocycles. The Morgan fingerprint density at radius 3 is 2.12 bits per heavy atom. The average Bonchev–Trinajstić information content (AvgIpc) is 2.12. The fourth-order valence-electron chi connectivity index (χ4n) is 1.25. The van der Waals surface area contributed by atoms with Crippen molar-refractivity contribution in [2.24, 2.45) is 11.8 Å². The van der Waals surface area contributed by atoms with E-state index >= 15 is 0 Å². The number of carboxylic acids is 1. The van der Waals surface area contributed by atoms with Crippen molar-refractivity contribution in [1.82, 2.24) is 0 Å². The number of ether oxygens (including phenoxy) is 1. The van der Waals surface area contributed by atoms with Gasteiger partial charge in [0.05, 0.1) is 0 Å². The van der Waals surface area contributed by atoms with E-state index in [1.54, 1.807) is 0 Å². The molecule has 4 nitrogen and oxygen atoms in total. The van der Waals surface area contributed by atoms with E-state index in [1.807, 2.05) is 13.8 Å². The second-order valence-corrected chi connectivity index (χ2v) is 4.52. The van der Waals surface area contributed by atoms with Crippen LogP contribution in [0, 0.1) is 11.8 Å². The molecule has 16 heavy (non-hydrogen) atoms. The van der Waals surface area contributed by atoms with Crippen molar-refractivity contribution in [2.45, 2.75) is 40.2 Å². The molecule has 0 radical (unpaired) electrons. The molecule has 92 valence electrons. The summed E-state index contributed by atoms with van der Waals surface area (Å²) >= 11 is 0. The first-order valence-electron chi connectivity index (χ1n) is 5.44. The summed E-state index contributed by atoms with van der Waals surface area (Å²) in [5.74, 6) is -1.09. The summed E-state index contributed by atoms with van der Waals surface area (Å²) in [6.07, 6.45) is 2.35. The van der Waals surface area contributed by atoms with Crippen LogP contribution in [-0.4, -0.2) is 23.1 Å². The van der Waals surface area contributed by atoms with Crippen molar-refractivity contribution in [3.63, 3.8) is 0 Å². The summed E-state index contributed by atoms with van der Waals surface area (Å²) in [6.45, 7) is 8.05. The Labute approximate surface area is 96.3 Å². The highest BCUT2D eigenvalue weighted by molar-refractivity contribution is 5.90. The summed E-state index contributed by atoms with van der Waals surface area (Å²) < 4.78 is 5.18. The fraction of sp³-hybridized carbons (Fsp3) is 0.667. The number of carbonyl (C=O) groups is 2. The standard InChI is InChI=1S/C12H20O4/c1-8(2)7-10(9(3)4)16-12(15)6-5-11(13)14/h5-6,8-10H,7H2,1-4H3,(H,13,14). The maximum atomic E-state index is 11.3. The summed E-state index contributed by atoms with van der Waals surface area (Å²) in [4.78, 5) is 21.5. The van der Waals surface area contributed by atoms with Crippen molar-refractivity contribution >= 4 is 11.9 Å². The third kappa shape index (κ3) is 7.04. The van der Waals surface area contributed by atoms with Gasteiger partial charge in [-0.2, -0.15) is 0 Å². The third-order valence-electron chi connectivity index (χ3n) is 2.08. The lowest BCUT2D eigenvalue weighted by atomic mass is 9.97. The molecule has 0 heterocycles. The molecule has 1 atom stereocenters. The van der Waals surface area contributed by atoms with Crippen LogP contribution in [0.25, 0.3) is 0 Å². The van der Waals surface area contributed by atoms with Crippen LogP contribution >= 0.6 is 0 Å².